The minimum Gasteiger partial charge on any atom is -0.481 e. The molecule has 0 aromatic rings. The van der Waals surface area contributed by atoms with Gasteiger partial charge in [-0.25, -0.2) is 0 Å². The topological polar surface area (TPSA) is 37.3 Å². The molecule has 0 spiro atoms. The summed E-state index contributed by atoms with van der Waals surface area (Å²) in [4.78, 5) is 11.7. The van der Waals surface area contributed by atoms with Gasteiger partial charge < -0.3 is 5.11 Å². The minimum absolute atomic E-state index is 0.333. The molecule has 2 aliphatic rings. The van der Waals surface area contributed by atoms with Crippen molar-refractivity contribution in [3.8, 4) is 0 Å². The van der Waals surface area contributed by atoms with E-state index in [9.17, 15) is 9.90 Å². The maximum atomic E-state index is 11.7. The van der Waals surface area contributed by atoms with E-state index in [0.717, 1.165) is 25.7 Å². The summed E-state index contributed by atoms with van der Waals surface area (Å²) < 4.78 is 0. The summed E-state index contributed by atoms with van der Waals surface area (Å²) in [5.41, 5.74) is 0.948. The van der Waals surface area contributed by atoms with Gasteiger partial charge in [0.1, 0.15) is 0 Å². The summed E-state index contributed by atoms with van der Waals surface area (Å²) in [7, 11) is 0. The van der Waals surface area contributed by atoms with Gasteiger partial charge in [-0.3, -0.25) is 4.79 Å². The zero-order chi connectivity index (χ0) is 13.5. The SMILES string of the molecule is CC1=C[C@@H]2[C@@H](CC1)[C@@](C)(C(=O)O)CC[C@H]2C(C)C. The van der Waals surface area contributed by atoms with Crippen molar-refractivity contribution >= 4 is 5.97 Å². The Bertz CT molecular complexity index is 369. The van der Waals surface area contributed by atoms with Crippen LogP contribution >= 0.6 is 0 Å². The van der Waals surface area contributed by atoms with Crippen molar-refractivity contribution in [2.45, 2.75) is 53.4 Å². The summed E-state index contributed by atoms with van der Waals surface area (Å²) in [5, 5.41) is 9.61. The van der Waals surface area contributed by atoms with Crippen LogP contribution in [0.5, 0.6) is 0 Å². The van der Waals surface area contributed by atoms with E-state index in [-0.39, 0.29) is 0 Å². The van der Waals surface area contributed by atoms with Crippen molar-refractivity contribution in [2.75, 3.05) is 0 Å². The van der Waals surface area contributed by atoms with Crippen molar-refractivity contribution in [1.29, 1.82) is 0 Å². The minimum atomic E-state index is -0.590. The average Bonchev–Trinajstić information content (AvgIpc) is 2.28. The van der Waals surface area contributed by atoms with E-state index in [1.807, 2.05) is 6.92 Å². The molecule has 0 aromatic carbocycles. The molecule has 0 radical (unpaired) electrons. The normalized spacial score (nSPS) is 40.3. The molecule has 0 amide bonds. The number of carboxylic acids is 1. The molecule has 0 saturated heterocycles. The summed E-state index contributed by atoms with van der Waals surface area (Å²) in [6, 6.07) is 0. The third-order valence-corrected chi connectivity index (χ3v) is 5.45. The van der Waals surface area contributed by atoms with Crippen LogP contribution in [0.2, 0.25) is 0 Å². The number of allylic oxidation sites excluding steroid dienone is 2. The Kier molecular flexibility index (Phi) is 3.57. The van der Waals surface area contributed by atoms with Gasteiger partial charge in [0.15, 0.2) is 0 Å². The molecule has 0 bridgehead atoms. The molecule has 0 heterocycles. The molecule has 1 N–H and O–H groups in total. The largest absolute Gasteiger partial charge is 0.481 e. The molecule has 18 heavy (non-hydrogen) atoms. The highest BCUT2D eigenvalue weighted by Crippen LogP contribution is 2.53. The van der Waals surface area contributed by atoms with Gasteiger partial charge in [0.25, 0.3) is 0 Å². The third-order valence-electron chi connectivity index (χ3n) is 5.45. The highest BCUT2D eigenvalue weighted by Gasteiger charge is 2.51. The zero-order valence-electron chi connectivity index (χ0n) is 12.1. The van der Waals surface area contributed by atoms with Gasteiger partial charge in [-0.1, -0.05) is 25.5 Å². The van der Waals surface area contributed by atoms with Crippen LogP contribution in [-0.2, 0) is 4.79 Å². The average molecular weight is 250 g/mol. The van der Waals surface area contributed by atoms with E-state index in [0.29, 0.717) is 23.7 Å². The Morgan fingerprint density at radius 2 is 2.11 bits per heavy atom. The molecule has 2 rings (SSSR count). The first kappa shape index (κ1) is 13.6. The van der Waals surface area contributed by atoms with Crippen molar-refractivity contribution in [1.82, 2.24) is 0 Å². The van der Waals surface area contributed by atoms with E-state index in [4.69, 9.17) is 0 Å². The molecule has 1 fully saturated rings. The fourth-order valence-corrected chi connectivity index (χ4v) is 4.16. The van der Waals surface area contributed by atoms with Crippen LogP contribution in [0.3, 0.4) is 0 Å². The summed E-state index contributed by atoms with van der Waals surface area (Å²) in [6.07, 6.45) is 6.43. The lowest BCUT2D eigenvalue weighted by Crippen LogP contribution is -2.47. The van der Waals surface area contributed by atoms with Crippen LogP contribution in [0, 0.1) is 29.1 Å². The van der Waals surface area contributed by atoms with Crippen LogP contribution < -0.4 is 0 Å². The number of hydrogen-bond donors (Lipinski definition) is 1. The number of fused-ring (bicyclic) bond motifs is 1. The van der Waals surface area contributed by atoms with Crippen molar-refractivity contribution in [3.05, 3.63) is 11.6 Å². The Morgan fingerprint density at radius 3 is 2.67 bits per heavy atom. The molecule has 102 valence electrons. The first-order valence-corrected chi connectivity index (χ1v) is 7.27. The first-order chi connectivity index (χ1) is 8.36. The van der Waals surface area contributed by atoms with Gasteiger partial charge in [-0.15, -0.1) is 0 Å². The maximum absolute atomic E-state index is 11.7. The zero-order valence-corrected chi connectivity index (χ0v) is 12.1. The number of hydrogen-bond acceptors (Lipinski definition) is 1. The van der Waals surface area contributed by atoms with Gasteiger partial charge >= 0.3 is 5.97 Å². The highest BCUT2D eigenvalue weighted by atomic mass is 16.4. The summed E-state index contributed by atoms with van der Waals surface area (Å²) in [6.45, 7) is 8.73. The second kappa shape index (κ2) is 4.71. The van der Waals surface area contributed by atoms with Gasteiger partial charge in [0.05, 0.1) is 5.41 Å². The maximum Gasteiger partial charge on any atom is 0.309 e. The molecular weight excluding hydrogens is 224 g/mol. The molecule has 0 aliphatic heterocycles. The lowest BCUT2D eigenvalue weighted by Gasteiger charge is -2.49. The van der Waals surface area contributed by atoms with E-state index >= 15 is 0 Å². The van der Waals surface area contributed by atoms with E-state index in [1.54, 1.807) is 0 Å². The monoisotopic (exact) mass is 250 g/mol. The van der Waals surface area contributed by atoms with Crippen LogP contribution in [0.1, 0.15) is 53.4 Å². The van der Waals surface area contributed by atoms with Crippen LogP contribution in [0.4, 0.5) is 0 Å². The van der Waals surface area contributed by atoms with E-state index in [1.165, 1.54) is 5.57 Å². The van der Waals surface area contributed by atoms with Gasteiger partial charge in [0, 0.05) is 0 Å². The quantitative estimate of drug-likeness (QED) is 0.749. The number of carbonyl (C=O) groups is 1. The summed E-state index contributed by atoms with van der Waals surface area (Å²) >= 11 is 0. The molecule has 0 unspecified atom stereocenters. The molecule has 2 nitrogen and oxygen atoms in total. The molecule has 1 saturated carbocycles. The molecule has 2 heteroatoms. The van der Waals surface area contributed by atoms with Crippen molar-refractivity contribution in [3.63, 3.8) is 0 Å². The van der Waals surface area contributed by atoms with Gasteiger partial charge in [-0.2, -0.15) is 0 Å². The molecule has 0 aromatic heterocycles. The number of rotatable bonds is 2. The second-order valence-electron chi connectivity index (χ2n) is 6.90. The van der Waals surface area contributed by atoms with Gasteiger partial charge in [-0.05, 0) is 63.2 Å². The fraction of sp³-hybridized carbons (Fsp3) is 0.812. The van der Waals surface area contributed by atoms with E-state index < -0.39 is 11.4 Å². The van der Waals surface area contributed by atoms with Crippen LogP contribution in [0.25, 0.3) is 0 Å². The Labute approximate surface area is 110 Å². The number of aliphatic carboxylic acids is 1. The van der Waals surface area contributed by atoms with Crippen LogP contribution in [0.15, 0.2) is 11.6 Å². The lowest BCUT2D eigenvalue weighted by atomic mass is 9.54. The fourth-order valence-electron chi connectivity index (χ4n) is 4.16. The molecule has 4 atom stereocenters. The molecule has 2 aliphatic carbocycles. The van der Waals surface area contributed by atoms with Gasteiger partial charge in [0.2, 0.25) is 0 Å². The summed E-state index contributed by atoms with van der Waals surface area (Å²) in [5.74, 6) is 1.54. The number of carboxylic acid groups (broad SMARTS) is 1. The van der Waals surface area contributed by atoms with Crippen molar-refractivity contribution < 1.29 is 9.90 Å². The predicted molar refractivity (Wildman–Crippen MR) is 73.3 cm³/mol. The van der Waals surface area contributed by atoms with E-state index in [2.05, 4.69) is 26.8 Å². The smallest absolute Gasteiger partial charge is 0.309 e. The predicted octanol–water partition coefficient (Wildman–Crippen LogP) is 4.12. The Morgan fingerprint density at radius 1 is 1.44 bits per heavy atom. The van der Waals surface area contributed by atoms with Crippen LogP contribution in [-0.4, -0.2) is 11.1 Å². The Hall–Kier alpha value is -0.790. The van der Waals surface area contributed by atoms with Crippen molar-refractivity contribution in [2.24, 2.45) is 29.1 Å². The first-order valence-electron chi connectivity index (χ1n) is 7.27. The third kappa shape index (κ3) is 2.10. The molecular formula is C16H26O2. The standard InChI is InChI=1S/C16H26O2/c1-10(2)12-7-8-16(4,15(17)18)14-6-5-11(3)9-13(12)14/h9-10,12-14H,5-8H2,1-4H3,(H,17,18)/t12-,13-,14+,16-/m0/s1. The highest BCUT2D eigenvalue weighted by molar-refractivity contribution is 5.75. The Balaban J connectivity index is 2.35. The lowest BCUT2D eigenvalue weighted by molar-refractivity contribution is -0.157. The second-order valence-corrected chi connectivity index (χ2v) is 6.90.